The van der Waals surface area contributed by atoms with Crippen molar-refractivity contribution in [2.75, 3.05) is 12.3 Å². The molecule has 76 valence electrons. The van der Waals surface area contributed by atoms with Gasteiger partial charge in [-0.2, -0.15) is 11.8 Å². The van der Waals surface area contributed by atoms with Crippen LogP contribution in [0.15, 0.2) is 0 Å². The molecule has 0 aliphatic carbocycles. The first-order chi connectivity index (χ1) is 6.24. The van der Waals surface area contributed by atoms with Gasteiger partial charge in [0.25, 0.3) is 0 Å². The van der Waals surface area contributed by atoms with Crippen LogP contribution in [0.5, 0.6) is 0 Å². The Kier molecular flexibility index (Phi) is 2.86. The van der Waals surface area contributed by atoms with Crippen LogP contribution in [0.25, 0.3) is 0 Å². The van der Waals surface area contributed by atoms with Gasteiger partial charge in [0.2, 0.25) is 0 Å². The molecular formula is C10H19NOS. The van der Waals surface area contributed by atoms with Crippen LogP contribution >= 0.6 is 11.8 Å². The smallest absolute Gasteiger partial charge is 0.0724 e. The minimum atomic E-state index is 0.336. The first-order valence-electron chi connectivity index (χ1n) is 5.24. The lowest BCUT2D eigenvalue weighted by Gasteiger charge is -2.29. The van der Waals surface area contributed by atoms with Gasteiger partial charge in [-0.15, -0.1) is 0 Å². The molecule has 3 heteroatoms. The van der Waals surface area contributed by atoms with Gasteiger partial charge in [0.05, 0.1) is 12.2 Å². The summed E-state index contributed by atoms with van der Waals surface area (Å²) in [7, 11) is 0. The zero-order chi connectivity index (χ0) is 9.31. The molecule has 2 nitrogen and oxygen atoms in total. The van der Waals surface area contributed by atoms with Crippen molar-refractivity contribution in [2.24, 2.45) is 5.73 Å². The monoisotopic (exact) mass is 201 g/mol. The summed E-state index contributed by atoms with van der Waals surface area (Å²) in [6.07, 6.45) is 5.85. The Hall–Kier alpha value is 0.270. The van der Waals surface area contributed by atoms with Gasteiger partial charge in [-0.05, 0) is 38.4 Å². The number of hydrogen-bond acceptors (Lipinski definition) is 3. The second-order valence-electron chi connectivity index (χ2n) is 4.32. The van der Waals surface area contributed by atoms with Gasteiger partial charge >= 0.3 is 0 Å². The van der Waals surface area contributed by atoms with E-state index in [1.807, 2.05) is 0 Å². The van der Waals surface area contributed by atoms with Crippen molar-refractivity contribution in [3.8, 4) is 0 Å². The van der Waals surface area contributed by atoms with E-state index in [1.165, 1.54) is 25.0 Å². The van der Waals surface area contributed by atoms with E-state index in [-0.39, 0.29) is 0 Å². The third-order valence-electron chi connectivity index (χ3n) is 3.30. The second kappa shape index (κ2) is 3.79. The standard InChI is InChI=1S/C10H19NOS/c1-10(5-2-6-13-10)9-4-3-8(7-11)12-9/h8-9H,2-7,11H2,1H3. The lowest BCUT2D eigenvalue weighted by Crippen LogP contribution is -2.34. The van der Waals surface area contributed by atoms with Gasteiger partial charge in [0.1, 0.15) is 0 Å². The Morgan fingerprint density at radius 2 is 2.38 bits per heavy atom. The molecule has 2 aliphatic rings. The maximum absolute atomic E-state index is 5.95. The molecule has 2 N–H and O–H groups in total. The molecule has 2 heterocycles. The number of hydrogen-bond donors (Lipinski definition) is 1. The fourth-order valence-corrected chi connectivity index (χ4v) is 3.79. The van der Waals surface area contributed by atoms with Gasteiger partial charge in [0, 0.05) is 11.3 Å². The molecule has 0 aromatic rings. The summed E-state index contributed by atoms with van der Waals surface area (Å²) in [5.41, 5.74) is 5.61. The summed E-state index contributed by atoms with van der Waals surface area (Å²) in [5.74, 6) is 1.31. The molecule has 2 saturated heterocycles. The van der Waals surface area contributed by atoms with Crippen LogP contribution in [0.1, 0.15) is 32.6 Å². The van der Waals surface area contributed by atoms with E-state index >= 15 is 0 Å². The second-order valence-corrected chi connectivity index (χ2v) is 5.95. The van der Waals surface area contributed by atoms with Gasteiger partial charge < -0.3 is 10.5 Å². The van der Waals surface area contributed by atoms with Crippen molar-refractivity contribution in [1.29, 1.82) is 0 Å². The SMILES string of the molecule is CC1(C2CCC(CN)O2)CCCS1. The quantitative estimate of drug-likeness (QED) is 0.739. The maximum atomic E-state index is 5.95. The van der Waals surface area contributed by atoms with Crippen LogP contribution in [-0.4, -0.2) is 29.3 Å². The summed E-state index contributed by atoms with van der Waals surface area (Å²) >= 11 is 2.09. The van der Waals surface area contributed by atoms with Crippen molar-refractivity contribution in [3.05, 3.63) is 0 Å². The zero-order valence-electron chi connectivity index (χ0n) is 8.29. The molecule has 0 aromatic heterocycles. The number of thioether (sulfide) groups is 1. The molecular weight excluding hydrogens is 182 g/mol. The normalized spacial score (nSPS) is 45.7. The average molecular weight is 201 g/mol. The molecule has 3 atom stereocenters. The van der Waals surface area contributed by atoms with Crippen molar-refractivity contribution >= 4 is 11.8 Å². The molecule has 0 radical (unpaired) electrons. The Labute approximate surface area is 84.6 Å². The first-order valence-corrected chi connectivity index (χ1v) is 6.23. The highest BCUT2D eigenvalue weighted by Gasteiger charge is 2.42. The van der Waals surface area contributed by atoms with Crippen LogP contribution in [0.2, 0.25) is 0 Å². The summed E-state index contributed by atoms with van der Waals surface area (Å²) < 4.78 is 6.34. The highest BCUT2D eigenvalue weighted by Crippen LogP contribution is 2.45. The summed E-state index contributed by atoms with van der Waals surface area (Å²) in [6, 6.07) is 0. The van der Waals surface area contributed by atoms with E-state index in [9.17, 15) is 0 Å². The van der Waals surface area contributed by atoms with Crippen molar-refractivity contribution in [3.63, 3.8) is 0 Å². The predicted octanol–water partition coefficient (Wildman–Crippen LogP) is 1.78. The van der Waals surface area contributed by atoms with E-state index in [0.29, 0.717) is 23.5 Å². The molecule has 13 heavy (non-hydrogen) atoms. The van der Waals surface area contributed by atoms with E-state index in [4.69, 9.17) is 10.5 Å². The lowest BCUT2D eigenvalue weighted by molar-refractivity contribution is 0.0296. The van der Waals surface area contributed by atoms with E-state index in [2.05, 4.69) is 18.7 Å². The van der Waals surface area contributed by atoms with Gasteiger partial charge in [-0.25, -0.2) is 0 Å². The van der Waals surface area contributed by atoms with Crippen LogP contribution in [0.4, 0.5) is 0 Å². The van der Waals surface area contributed by atoms with Crippen molar-refractivity contribution < 1.29 is 4.74 Å². The predicted molar refractivity (Wildman–Crippen MR) is 57.0 cm³/mol. The van der Waals surface area contributed by atoms with Crippen molar-refractivity contribution in [1.82, 2.24) is 0 Å². The molecule has 0 spiro atoms. The molecule has 0 saturated carbocycles. The van der Waals surface area contributed by atoms with Gasteiger partial charge in [0.15, 0.2) is 0 Å². The number of ether oxygens (including phenoxy) is 1. The van der Waals surface area contributed by atoms with Gasteiger partial charge in [-0.3, -0.25) is 0 Å². The Balaban J connectivity index is 1.94. The summed E-state index contributed by atoms with van der Waals surface area (Å²) in [6.45, 7) is 3.05. The summed E-state index contributed by atoms with van der Waals surface area (Å²) in [4.78, 5) is 0. The Morgan fingerprint density at radius 3 is 2.92 bits per heavy atom. The molecule has 2 aliphatic heterocycles. The minimum absolute atomic E-state index is 0.336. The molecule has 3 unspecified atom stereocenters. The molecule has 0 amide bonds. The van der Waals surface area contributed by atoms with Gasteiger partial charge in [-0.1, -0.05) is 0 Å². The number of rotatable bonds is 2. The zero-order valence-corrected chi connectivity index (χ0v) is 9.11. The molecule has 2 fully saturated rings. The Morgan fingerprint density at radius 1 is 1.54 bits per heavy atom. The highest BCUT2D eigenvalue weighted by molar-refractivity contribution is 8.00. The fraction of sp³-hybridized carbons (Fsp3) is 1.00. The third-order valence-corrected chi connectivity index (χ3v) is 4.92. The average Bonchev–Trinajstić information content (AvgIpc) is 2.72. The lowest BCUT2D eigenvalue weighted by atomic mass is 9.96. The van der Waals surface area contributed by atoms with Crippen LogP contribution < -0.4 is 5.73 Å². The van der Waals surface area contributed by atoms with E-state index < -0.39 is 0 Å². The molecule has 2 rings (SSSR count). The Bertz CT molecular complexity index is 180. The van der Waals surface area contributed by atoms with Crippen LogP contribution in [0.3, 0.4) is 0 Å². The summed E-state index contributed by atoms with van der Waals surface area (Å²) in [5, 5.41) is 0. The van der Waals surface area contributed by atoms with E-state index in [0.717, 1.165) is 6.42 Å². The van der Waals surface area contributed by atoms with E-state index in [1.54, 1.807) is 0 Å². The first kappa shape index (κ1) is 9.81. The maximum Gasteiger partial charge on any atom is 0.0724 e. The number of nitrogens with two attached hydrogens (primary N) is 1. The highest BCUT2D eigenvalue weighted by atomic mass is 32.2. The molecule has 0 aromatic carbocycles. The topological polar surface area (TPSA) is 35.2 Å². The minimum Gasteiger partial charge on any atom is -0.372 e. The largest absolute Gasteiger partial charge is 0.372 e. The van der Waals surface area contributed by atoms with Crippen molar-refractivity contribution in [2.45, 2.75) is 49.6 Å². The molecule has 0 bridgehead atoms. The van der Waals surface area contributed by atoms with Crippen LogP contribution in [0, 0.1) is 0 Å². The third kappa shape index (κ3) is 1.88. The van der Waals surface area contributed by atoms with Crippen LogP contribution in [-0.2, 0) is 4.74 Å². The fourth-order valence-electron chi connectivity index (χ4n) is 2.38.